The molecule has 328 valence electrons. The normalized spacial score (nSPS) is 13.5. The third-order valence-electron chi connectivity index (χ3n) is 10.4. The summed E-state index contributed by atoms with van der Waals surface area (Å²) in [5, 5.41) is 0. The van der Waals surface area contributed by atoms with Gasteiger partial charge in [0.1, 0.15) is 19.8 Å². The van der Waals surface area contributed by atoms with Crippen LogP contribution in [-0.4, -0.2) is 74.9 Å². The highest BCUT2D eigenvalue weighted by molar-refractivity contribution is 7.47. The number of unbranched alkanes of at least 4 members (excludes halogenated alkanes) is 29. The summed E-state index contributed by atoms with van der Waals surface area (Å²) >= 11 is 0. The van der Waals surface area contributed by atoms with Crippen molar-refractivity contribution < 1.29 is 42.1 Å². The van der Waals surface area contributed by atoms with Gasteiger partial charge in [0.2, 0.25) is 0 Å². The number of hydrogen-bond donors (Lipinski definition) is 1. The van der Waals surface area contributed by atoms with Gasteiger partial charge in [0, 0.05) is 12.8 Å². The van der Waals surface area contributed by atoms with E-state index in [1.54, 1.807) is 0 Å². The van der Waals surface area contributed by atoms with E-state index in [4.69, 9.17) is 18.5 Å². The van der Waals surface area contributed by atoms with E-state index in [2.05, 4.69) is 13.8 Å². The number of rotatable bonds is 43. The van der Waals surface area contributed by atoms with Crippen LogP contribution in [0.2, 0.25) is 0 Å². The summed E-state index contributed by atoms with van der Waals surface area (Å²) in [4.78, 5) is 35.3. The van der Waals surface area contributed by atoms with E-state index >= 15 is 0 Å². The Hall–Kier alpha value is -0.990. The average molecular weight is 805 g/mol. The first-order valence-electron chi connectivity index (χ1n) is 23.3. The molecule has 0 aliphatic carbocycles. The lowest BCUT2D eigenvalue weighted by molar-refractivity contribution is -0.870. The summed E-state index contributed by atoms with van der Waals surface area (Å²) in [5.74, 6) is -0.784. The predicted octanol–water partition coefficient (Wildman–Crippen LogP) is 13.2. The molecule has 0 aromatic heterocycles. The highest BCUT2D eigenvalue weighted by Gasteiger charge is 2.27. The Kier molecular flexibility index (Phi) is 37.8. The quantitative estimate of drug-likeness (QED) is 0.0281. The smallest absolute Gasteiger partial charge is 0.462 e. The van der Waals surface area contributed by atoms with E-state index in [0.717, 1.165) is 38.5 Å². The molecular weight excluding hydrogens is 713 g/mol. The van der Waals surface area contributed by atoms with Gasteiger partial charge in [-0.05, 0) is 12.8 Å². The standard InChI is InChI=1S/C45H90NO8P/c1-6-8-10-12-14-16-18-19-20-21-22-23-24-25-26-28-29-31-33-35-37-44(47)51-41-43(42-53-55(49,50)52-40-39-46(3,4)5)54-45(48)38-36-34-32-30-27-17-15-13-11-9-7-2/h43H,6-42H2,1-5H3/p+1/t43-/m1/s1. The van der Waals surface area contributed by atoms with Crippen molar-refractivity contribution >= 4 is 19.8 Å². The van der Waals surface area contributed by atoms with E-state index in [0.29, 0.717) is 17.4 Å². The van der Waals surface area contributed by atoms with Crippen molar-refractivity contribution in [3.8, 4) is 0 Å². The second kappa shape index (κ2) is 38.5. The Balaban J connectivity index is 4.19. The number of quaternary nitrogens is 1. The maximum absolute atomic E-state index is 12.6. The lowest BCUT2D eigenvalue weighted by Gasteiger charge is -2.24. The molecule has 0 amide bonds. The molecular formula is C45H91NO8P+. The molecule has 0 aliphatic rings. The van der Waals surface area contributed by atoms with Crippen LogP contribution >= 0.6 is 7.82 Å². The summed E-state index contributed by atoms with van der Waals surface area (Å²) in [6.07, 6.45) is 38.7. The van der Waals surface area contributed by atoms with Crippen molar-refractivity contribution in [1.82, 2.24) is 0 Å². The van der Waals surface area contributed by atoms with Gasteiger partial charge in [-0.2, -0.15) is 0 Å². The Morgan fingerprint density at radius 2 is 0.818 bits per heavy atom. The monoisotopic (exact) mass is 805 g/mol. The molecule has 0 fully saturated rings. The van der Waals surface area contributed by atoms with Crippen LogP contribution in [0.3, 0.4) is 0 Å². The van der Waals surface area contributed by atoms with Gasteiger partial charge in [0.15, 0.2) is 6.10 Å². The first-order chi connectivity index (χ1) is 26.5. The summed E-state index contributed by atoms with van der Waals surface area (Å²) < 4.78 is 34.3. The van der Waals surface area contributed by atoms with Gasteiger partial charge < -0.3 is 18.9 Å². The minimum absolute atomic E-state index is 0.0368. The fourth-order valence-corrected chi connectivity index (χ4v) is 7.46. The average Bonchev–Trinajstić information content (AvgIpc) is 3.13. The molecule has 1 N–H and O–H groups in total. The molecule has 10 heteroatoms. The van der Waals surface area contributed by atoms with Crippen LogP contribution in [0.15, 0.2) is 0 Å². The Morgan fingerprint density at radius 1 is 0.491 bits per heavy atom. The molecule has 0 aromatic rings. The van der Waals surface area contributed by atoms with Crippen LogP contribution in [0.25, 0.3) is 0 Å². The molecule has 2 atom stereocenters. The zero-order valence-corrected chi connectivity index (χ0v) is 37.8. The molecule has 0 aromatic carbocycles. The van der Waals surface area contributed by atoms with Gasteiger partial charge in [0.25, 0.3) is 0 Å². The largest absolute Gasteiger partial charge is 0.472 e. The summed E-state index contributed by atoms with van der Waals surface area (Å²) in [7, 11) is 1.49. The number of phosphoric ester groups is 1. The van der Waals surface area contributed by atoms with Gasteiger partial charge in [-0.15, -0.1) is 0 Å². The number of likely N-dealkylation sites (N-methyl/N-ethyl adjacent to an activating group) is 1. The van der Waals surface area contributed by atoms with Crippen LogP contribution < -0.4 is 0 Å². The number of ether oxygens (including phenoxy) is 2. The molecule has 1 unspecified atom stereocenters. The number of hydrogen-bond acceptors (Lipinski definition) is 7. The minimum Gasteiger partial charge on any atom is -0.462 e. The zero-order chi connectivity index (χ0) is 40.7. The van der Waals surface area contributed by atoms with Gasteiger partial charge >= 0.3 is 19.8 Å². The van der Waals surface area contributed by atoms with Crippen LogP contribution in [-0.2, 0) is 32.7 Å². The Morgan fingerprint density at radius 3 is 1.16 bits per heavy atom. The Labute approximate surface area is 340 Å². The highest BCUT2D eigenvalue weighted by Crippen LogP contribution is 2.43. The number of carbonyl (C=O) groups is 2. The minimum atomic E-state index is -4.36. The first kappa shape index (κ1) is 54.0. The lowest BCUT2D eigenvalue weighted by Crippen LogP contribution is -2.37. The second-order valence-corrected chi connectivity index (χ2v) is 18.6. The van der Waals surface area contributed by atoms with Gasteiger partial charge in [-0.3, -0.25) is 18.6 Å². The number of carbonyl (C=O) groups excluding carboxylic acids is 2. The summed E-state index contributed by atoms with van der Waals surface area (Å²) in [6, 6.07) is 0. The fraction of sp³-hybridized carbons (Fsp3) is 0.956. The highest BCUT2D eigenvalue weighted by atomic mass is 31.2. The van der Waals surface area contributed by atoms with E-state index in [1.807, 2.05) is 21.1 Å². The van der Waals surface area contributed by atoms with E-state index in [-0.39, 0.29) is 25.6 Å². The Bertz CT molecular complexity index is 912. The van der Waals surface area contributed by atoms with Crippen LogP contribution in [0, 0.1) is 0 Å². The number of nitrogens with zero attached hydrogens (tertiary/aromatic N) is 1. The lowest BCUT2D eigenvalue weighted by atomic mass is 10.0. The van der Waals surface area contributed by atoms with E-state index in [1.165, 1.54) is 161 Å². The maximum atomic E-state index is 12.6. The molecule has 9 nitrogen and oxygen atoms in total. The van der Waals surface area contributed by atoms with Crippen molar-refractivity contribution in [3.05, 3.63) is 0 Å². The van der Waals surface area contributed by atoms with Crippen molar-refractivity contribution in [2.24, 2.45) is 0 Å². The predicted molar refractivity (Wildman–Crippen MR) is 229 cm³/mol. The van der Waals surface area contributed by atoms with Gasteiger partial charge in [-0.1, -0.05) is 200 Å². The molecule has 0 saturated carbocycles. The zero-order valence-electron chi connectivity index (χ0n) is 36.9. The van der Waals surface area contributed by atoms with Crippen molar-refractivity contribution in [1.29, 1.82) is 0 Å². The second-order valence-electron chi connectivity index (χ2n) is 17.2. The summed E-state index contributed by atoms with van der Waals surface area (Å²) in [6.45, 7) is 4.45. The molecule has 0 rings (SSSR count). The third-order valence-corrected chi connectivity index (χ3v) is 11.4. The van der Waals surface area contributed by atoms with Crippen molar-refractivity contribution in [3.63, 3.8) is 0 Å². The molecule has 0 saturated heterocycles. The third kappa shape index (κ3) is 42.4. The van der Waals surface area contributed by atoms with E-state index < -0.39 is 26.5 Å². The topological polar surface area (TPSA) is 108 Å². The number of phosphoric acid groups is 1. The number of esters is 2. The maximum Gasteiger partial charge on any atom is 0.472 e. The summed E-state index contributed by atoms with van der Waals surface area (Å²) in [5.41, 5.74) is 0. The molecule has 0 bridgehead atoms. The molecule has 0 spiro atoms. The van der Waals surface area contributed by atoms with Crippen LogP contribution in [0.5, 0.6) is 0 Å². The van der Waals surface area contributed by atoms with E-state index in [9.17, 15) is 19.0 Å². The van der Waals surface area contributed by atoms with Gasteiger partial charge in [0.05, 0.1) is 27.7 Å². The SMILES string of the molecule is CCCCCCCCCCCCCCCCCCCCCCC(=O)OC[C@H](COP(=O)(O)OCC[N+](C)(C)C)OC(=O)CCCCCCCCCCCCC. The molecule has 0 aliphatic heterocycles. The molecule has 0 radical (unpaired) electrons. The molecule has 55 heavy (non-hydrogen) atoms. The van der Waals surface area contributed by atoms with Crippen LogP contribution in [0.4, 0.5) is 0 Å². The van der Waals surface area contributed by atoms with Crippen LogP contribution in [0.1, 0.15) is 226 Å². The molecule has 0 heterocycles. The first-order valence-corrected chi connectivity index (χ1v) is 24.8. The fourth-order valence-electron chi connectivity index (χ4n) is 6.72. The van der Waals surface area contributed by atoms with Crippen molar-refractivity contribution in [2.45, 2.75) is 232 Å². The van der Waals surface area contributed by atoms with Crippen molar-refractivity contribution in [2.75, 3.05) is 47.5 Å². The van der Waals surface area contributed by atoms with Gasteiger partial charge in [-0.25, -0.2) is 4.57 Å².